The van der Waals surface area contributed by atoms with Crippen LogP contribution in [0.5, 0.6) is 0 Å². The molecule has 0 bridgehead atoms. The number of aromatic nitrogens is 5. The van der Waals surface area contributed by atoms with E-state index < -0.39 is 11.5 Å². The maximum absolute atomic E-state index is 12.9. The molecule has 9 heteroatoms. The van der Waals surface area contributed by atoms with Gasteiger partial charge in [0.25, 0.3) is 5.56 Å². The van der Waals surface area contributed by atoms with Crippen molar-refractivity contribution in [3.8, 4) is 5.69 Å². The largest absolute Gasteiger partial charge is 0.462 e. The van der Waals surface area contributed by atoms with Gasteiger partial charge in [-0.15, -0.1) is 10.2 Å². The van der Waals surface area contributed by atoms with E-state index in [1.54, 1.807) is 43.5 Å². The average Bonchev–Trinajstić information content (AvgIpc) is 3.13. The first-order chi connectivity index (χ1) is 13.5. The molecular weight excluding hydrogens is 362 g/mol. The molecule has 3 aromatic heterocycles. The number of fused-ring (bicyclic) bond motifs is 3. The van der Waals surface area contributed by atoms with Crippen LogP contribution in [0.4, 0.5) is 0 Å². The summed E-state index contributed by atoms with van der Waals surface area (Å²) in [7, 11) is 0. The van der Waals surface area contributed by atoms with Gasteiger partial charge in [0.15, 0.2) is 16.9 Å². The molecule has 4 aromatic rings. The summed E-state index contributed by atoms with van der Waals surface area (Å²) in [5, 5.41) is 12.2. The van der Waals surface area contributed by atoms with Gasteiger partial charge in [-0.3, -0.25) is 14.2 Å². The van der Waals surface area contributed by atoms with E-state index >= 15 is 0 Å². The minimum atomic E-state index is -0.555. The molecule has 0 atom stereocenters. The lowest BCUT2D eigenvalue weighted by Crippen LogP contribution is -2.20. The van der Waals surface area contributed by atoms with E-state index in [0.717, 1.165) is 0 Å². The Morgan fingerprint density at radius 3 is 2.75 bits per heavy atom. The summed E-state index contributed by atoms with van der Waals surface area (Å²) >= 11 is 0. The van der Waals surface area contributed by atoms with Gasteiger partial charge in [-0.2, -0.15) is 5.10 Å². The lowest BCUT2D eigenvalue weighted by Gasteiger charge is -2.08. The van der Waals surface area contributed by atoms with Crippen LogP contribution in [0.15, 0.2) is 47.5 Å². The normalized spacial score (nSPS) is 11.1. The Kier molecular flexibility index (Phi) is 4.19. The van der Waals surface area contributed by atoms with Crippen molar-refractivity contribution in [3.05, 3.63) is 64.2 Å². The third kappa shape index (κ3) is 2.73. The zero-order valence-corrected chi connectivity index (χ0v) is 15.1. The predicted octanol–water partition coefficient (Wildman–Crippen LogP) is 1.81. The molecule has 28 heavy (non-hydrogen) atoms. The molecular formula is C19H15N5O4. The second kappa shape index (κ2) is 6.69. The highest BCUT2D eigenvalue weighted by molar-refractivity contribution is 5.96. The van der Waals surface area contributed by atoms with Crippen LogP contribution < -0.4 is 5.56 Å². The van der Waals surface area contributed by atoms with E-state index in [1.165, 1.54) is 22.2 Å². The Hall–Kier alpha value is -3.88. The minimum absolute atomic E-state index is 0.0849. The molecule has 140 valence electrons. The van der Waals surface area contributed by atoms with Gasteiger partial charge in [0, 0.05) is 17.4 Å². The van der Waals surface area contributed by atoms with Crippen molar-refractivity contribution in [2.45, 2.75) is 13.8 Å². The molecule has 3 heterocycles. The summed E-state index contributed by atoms with van der Waals surface area (Å²) in [6, 6.07) is 8.39. The number of esters is 1. The molecule has 9 nitrogen and oxygen atoms in total. The van der Waals surface area contributed by atoms with Gasteiger partial charge in [-0.25, -0.2) is 9.31 Å². The number of rotatable bonds is 4. The van der Waals surface area contributed by atoms with Crippen molar-refractivity contribution >= 4 is 28.4 Å². The van der Waals surface area contributed by atoms with Crippen molar-refractivity contribution in [1.82, 2.24) is 24.4 Å². The third-order valence-electron chi connectivity index (χ3n) is 4.29. The number of ether oxygens (including phenoxy) is 1. The van der Waals surface area contributed by atoms with Crippen molar-refractivity contribution in [3.63, 3.8) is 0 Å². The summed E-state index contributed by atoms with van der Waals surface area (Å²) in [4.78, 5) is 36.6. The summed E-state index contributed by atoms with van der Waals surface area (Å²) in [5.41, 5.74) is 1.50. The van der Waals surface area contributed by atoms with Crippen molar-refractivity contribution in [1.29, 1.82) is 0 Å². The molecule has 0 N–H and O–H groups in total. The Morgan fingerprint density at radius 2 is 2.00 bits per heavy atom. The number of carbonyl (C=O) groups excluding carboxylic acids is 2. The van der Waals surface area contributed by atoms with Gasteiger partial charge in [0.2, 0.25) is 0 Å². The van der Waals surface area contributed by atoms with Crippen LogP contribution in [0.25, 0.3) is 22.4 Å². The monoisotopic (exact) mass is 377 g/mol. The topological polar surface area (TPSA) is 108 Å². The summed E-state index contributed by atoms with van der Waals surface area (Å²) < 4.78 is 7.75. The molecule has 0 aliphatic carbocycles. The second-order valence-corrected chi connectivity index (χ2v) is 6.05. The second-order valence-electron chi connectivity index (χ2n) is 6.05. The molecule has 4 rings (SSSR count). The van der Waals surface area contributed by atoms with Crippen LogP contribution in [-0.4, -0.2) is 42.7 Å². The van der Waals surface area contributed by atoms with Crippen molar-refractivity contribution < 1.29 is 14.3 Å². The van der Waals surface area contributed by atoms with Gasteiger partial charge in [-0.05, 0) is 32.0 Å². The number of benzene rings is 1. The van der Waals surface area contributed by atoms with Gasteiger partial charge in [0.05, 0.1) is 12.8 Å². The zero-order chi connectivity index (χ0) is 19.8. The quantitative estimate of drug-likeness (QED) is 0.394. The van der Waals surface area contributed by atoms with Gasteiger partial charge in [-0.1, -0.05) is 12.1 Å². The van der Waals surface area contributed by atoms with E-state index in [4.69, 9.17) is 4.74 Å². The van der Waals surface area contributed by atoms with E-state index in [9.17, 15) is 14.4 Å². The van der Waals surface area contributed by atoms with Crippen LogP contribution in [-0.2, 0) is 4.74 Å². The third-order valence-corrected chi connectivity index (χ3v) is 4.29. The number of hydrogen-bond donors (Lipinski definition) is 0. The van der Waals surface area contributed by atoms with Gasteiger partial charge >= 0.3 is 5.97 Å². The lowest BCUT2D eigenvalue weighted by molar-refractivity contribution is 0.0528. The molecule has 0 fully saturated rings. The molecule has 0 saturated heterocycles. The Labute approximate surface area is 158 Å². The van der Waals surface area contributed by atoms with Gasteiger partial charge < -0.3 is 4.74 Å². The zero-order valence-electron chi connectivity index (χ0n) is 15.1. The van der Waals surface area contributed by atoms with Crippen LogP contribution >= 0.6 is 0 Å². The Bertz CT molecular complexity index is 1300. The standard InChI is InChI=1S/C19H15N5O4/c1-3-28-19(27)14-10-20-24-15-7-8-23(18(26)16(15)21-22-17(14)24)13-6-4-5-12(9-13)11(2)25/h4-10H,3H2,1-2H3. The summed E-state index contributed by atoms with van der Waals surface area (Å²) in [6.07, 6.45) is 2.90. The first-order valence-electron chi connectivity index (χ1n) is 8.55. The van der Waals surface area contributed by atoms with Crippen LogP contribution in [0.2, 0.25) is 0 Å². The highest BCUT2D eigenvalue weighted by Crippen LogP contribution is 2.16. The Balaban J connectivity index is 1.90. The molecule has 0 spiro atoms. The van der Waals surface area contributed by atoms with E-state index in [-0.39, 0.29) is 29.1 Å². The highest BCUT2D eigenvalue weighted by atomic mass is 16.5. The first kappa shape index (κ1) is 17.5. The number of ketones is 1. The minimum Gasteiger partial charge on any atom is -0.462 e. The summed E-state index contributed by atoms with van der Waals surface area (Å²) in [5.74, 6) is -0.652. The van der Waals surface area contributed by atoms with Crippen LogP contribution in [0.1, 0.15) is 34.6 Å². The molecule has 0 unspecified atom stereocenters. The molecule has 0 radical (unpaired) electrons. The SMILES string of the molecule is CCOC(=O)c1cnn2c1nnc1c(=O)n(-c3cccc(C(C)=O)c3)ccc12. The fourth-order valence-electron chi connectivity index (χ4n) is 2.92. The van der Waals surface area contributed by atoms with Crippen LogP contribution in [0.3, 0.4) is 0 Å². The smallest absolute Gasteiger partial charge is 0.343 e. The van der Waals surface area contributed by atoms with Crippen molar-refractivity contribution in [2.24, 2.45) is 0 Å². The number of pyridine rings is 1. The number of carbonyl (C=O) groups is 2. The van der Waals surface area contributed by atoms with Crippen LogP contribution in [0, 0.1) is 0 Å². The predicted molar refractivity (Wildman–Crippen MR) is 99.8 cm³/mol. The average molecular weight is 377 g/mol. The fraction of sp³-hybridized carbons (Fsp3) is 0.158. The summed E-state index contributed by atoms with van der Waals surface area (Å²) in [6.45, 7) is 3.39. The molecule has 0 saturated carbocycles. The van der Waals surface area contributed by atoms with E-state index in [1.807, 2.05) is 0 Å². The first-order valence-corrected chi connectivity index (χ1v) is 8.55. The molecule has 1 aromatic carbocycles. The van der Waals surface area contributed by atoms with Gasteiger partial charge in [0.1, 0.15) is 11.1 Å². The van der Waals surface area contributed by atoms with E-state index in [2.05, 4.69) is 15.3 Å². The number of nitrogens with zero attached hydrogens (tertiary/aromatic N) is 5. The fourth-order valence-corrected chi connectivity index (χ4v) is 2.92. The van der Waals surface area contributed by atoms with E-state index in [0.29, 0.717) is 16.8 Å². The Morgan fingerprint density at radius 1 is 1.18 bits per heavy atom. The van der Waals surface area contributed by atoms with Crippen molar-refractivity contribution in [2.75, 3.05) is 6.61 Å². The maximum Gasteiger partial charge on any atom is 0.343 e. The maximum atomic E-state index is 12.9. The number of hydrogen-bond acceptors (Lipinski definition) is 7. The highest BCUT2D eigenvalue weighted by Gasteiger charge is 2.18. The molecule has 0 amide bonds. The lowest BCUT2D eigenvalue weighted by atomic mass is 10.1. The number of Topliss-reactive ketones (excluding diaryl/α,β-unsaturated/α-hetero) is 1. The molecule has 0 aliphatic rings. The molecule has 0 aliphatic heterocycles.